The molecule has 0 rings (SSSR count). The van der Waals surface area contributed by atoms with Crippen LogP contribution < -0.4 is 0 Å². The Hall–Kier alpha value is -1.94. The van der Waals surface area contributed by atoms with Crippen LogP contribution in [0.2, 0.25) is 0 Å². The van der Waals surface area contributed by atoms with Crippen molar-refractivity contribution in [2.45, 2.75) is 432 Å². The Morgan fingerprint density at radius 3 is 0.701 bits per heavy atom. The fourth-order valence-corrected chi connectivity index (χ4v) is 13.6. The summed E-state index contributed by atoms with van der Waals surface area (Å²) in [4.78, 5) is 72.7. The van der Waals surface area contributed by atoms with E-state index in [1.54, 1.807) is 0 Å². The fraction of sp³-hybridized carbons (Fsp3) is 0.949. The molecule has 0 radical (unpaired) electrons. The molecule has 0 aliphatic heterocycles. The van der Waals surface area contributed by atoms with Crippen molar-refractivity contribution in [2.75, 3.05) is 39.6 Å². The maximum atomic E-state index is 13.1. The molecule has 576 valence electrons. The van der Waals surface area contributed by atoms with E-state index in [1.165, 1.54) is 231 Å². The number of aliphatic hydroxyl groups is 1. The van der Waals surface area contributed by atoms with Crippen molar-refractivity contribution in [3.05, 3.63) is 0 Å². The van der Waals surface area contributed by atoms with Crippen LogP contribution in [0.3, 0.4) is 0 Å². The van der Waals surface area contributed by atoms with Crippen LogP contribution in [-0.2, 0) is 65.4 Å². The molecular formula is C78H152O17P2. The highest BCUT2D eigenvalue weighted by atomic mass is 31.2. The minimum atomic E-state index is -4.96. The molecule has 5 atom stereocenters. The molecule has 0 amide bonds. The smallest absolute Gasteiger partial charge is 0.462 e. The van der Waals surface area contributed by atoms with Crippen molar-refractivity contribution in [1.82, 2.24) is 0 Å². The standard InChI is InChI=1S/C78H152O17P2/c1-6-9-12-15-18-21-23-24-25-26-27-28-29-34-37-40-44-49-54-59-64-78(83)95-74(68-89-76(81)62-57-52-47-43-39-36-33-31-30-32-35-38-41-45-50-55-60-71(4)5)70-93-97(86,87)91-66-72(79)65-90-96(84,85)92-69-73(67-88-75(80)61-56-51-46-20-17-14-11-8-3)94-77(82)63-58-53-48-42-22-19-16-13-10-7-2/h71-74,79H,6-70H2,1-5H3,(H,84,85)(H,86,87)/t72-,73+,74+/m0/s1. The molecule has 0 aliphatic rings. The number of aliphatic hydroxyl groups excluding tert-OH is 1. The molecular weight excluding hydrogens is 1270 g/mol. The predicted octanol–water partition coefficient (Wildman–Crippen LogP) is 23.3. The van der Waals surface area contributed by atoms with Gasteiger partial charge in [-0.25, -0.2) is 9.13 Å². The third-order valence-electron chi connectivity index (χ3n) is 18.3. The van der Waals surface area contributed by atoms with Crippen LogP contribution >= 0.6 is 15.6 Å². The number of carbonyl (C=O) groups excluding carboxylic acids is 4. The maximum Gasteiger partial charge on any atom is 0.472 e. The highest BCUT2D eigenvalue weighted by Crippen LogP contribution is 2.45. The van der Waals surface area contributed by atoms with E-state index in [4.69, 9.17) is 37.0 Å². The first kappa shape index (κ1) is 95.1. The van der Waals surface area contributed by atoms with Crippen LogP contribution in [0.4, 0.5) is 0 Å². The van der Waals surface area contributed by atoms with Gasteiger partial charge in [0.15, 0.2) is 12.2 Å². The van der Waals surface area contributed by atoms with Gasteiger partial charge in [-0.1, -0.05) is 362 Å². The molecule has 3 N–H and O–H groups in total. The van der Waals surface area contributed by atoms with E-state index >= 15 is 0 Å². The summed E-state index contributed by atoms with van der Waals surface area (Å²) in [6.07, 6.45) is 61.2. The van der Waals surface area contributed by atoms with Gasteiger partial charge in [0.1, 0.15) is 19.3 Å². The van der Waals surface area contributed by atoms with Crippen LogP contribution in [0.1, 0.15) is 413 Å². The molecule has 0 spiro atoms. The van der Waals surface area contributed by atoms with Gasteiger partial charge in [-0.15, -0.1) is 0 Å². The van der Waals surface area contributed by atoms with E-state index in [9.17, 15) is 43.2 Å². The van der Waals surface area contributed by atoms with Crippen molar-refractivity contribution >= 4 is 39.5 Å². The van der Waals surface area contributed by atoms with Crippen LogP contribution in [0, 0.1) is 5.92 Å². The van der Waals surface area contributed by atoms with Gasteiger partial charge in [0.2, 0.25) is 0 Å². The molecule has 0 aromatic heterocycles. The second-order valence-electron chi connectivity index (χ2n) is 28.6. The summed E-state index contributed by atoms with van der Waals surface area (Å²) in [6.45, 7) is 7.30. The van der Waals surface area contributed by atoms with E-state index in [1.807, 2.05) is 0 Å². The van der Waals surface area contributed by atoms with Crippen LogP contribution in [0.5, 0.6) is 0 Å². The summed E-state index contributed by atoms with van der Waals surface area (Å²) in [5.74, 6) is -1.30. The Labute approximate surface area is 594 Å². The Kier molecular flexibility index (Phi) is 69.6. The molecule has 0 saturated carbocycles. The number of phosphoric ester groups is 2. The normalized spacial score (nSPS) is 13.9. The van der Waals surface area contributed by atoms with Crippen molar-refractivity contribution in [1.29, 1.82) is 0 Å². The lowest BCUT2D eigenvalue weighted by Crippen LogP contribution is -2.30. The molecule has 0 saturated heterocycles. The summed E-state index contributed by atoms with van der Waals surface area (Å²) in [5.41, 5.74) is 0. The number of unbranched alkanes of at least 4 members (excludes halogenated alkanes) is 50. The van der Waals surface area contributed by atoms with Crippen molar-refractivity contribution in [3.63, 3.8) is 0 Å². The van der Waals surface area contributed by atoms with Gasteiger partial charge < -0.3 is 33.8 Å². The molecule has 0 aromatic carbocycles. The first-order valence-electron chi connectivity index (χ1n) is 40.6. The second-order valence-corrected chi connectivity index (χ2v) is 31.5. The average Bonchev–Trinajstić information content (AvgIpc) is 1.82. The third kappa shape index (κ3) is 72.2. The highest BCUT2D eigenvalue weighted by Gasteiger charge is 2.30. The van der Waals surface area contributed by atoms with Crippen LogP contribution in [0.15, 0.2) is 0 Å². The summed E-state index contributed by atoms with van der Waals surface area (Å²) in [5, 5.41) is 10.6. The van der Waals surface area contributed by atoms with Crippen LogP contribution in [-0.4, -0.2) is 96.7 Å². The van der Waals surface area contributed by atoms with E-state index in [-0.39, 0.29) is 25.7 Å². The van der Waals surface area contributed by atoms with Gasteiger partial charge in [0.25, 0.3) is 0 Å². The van der Waals surface area contributed by atoms with Gasteiger partial charge in [-0.2, -0.15) is 0 Å². The second kappa shape index (κ2) is 71.1. The Morgan fingerprint density at radius 1 is 0.278 bits per heavy atom. The number of esters is 4. The topological polar surface area (TPSA) is 237 Å². The minimum Gasteiger partial charge on any atom is -0.462 e. The highest BCUT2D eigenvalue weighted by molar-refractivity contribution is 7.47. The molecule has 2 unspecified atom stereocenters. The molecule has 0 aromatic rings. The molecule has 0 bridgehead atoms. The van der Waals surface area contributed by atoms with Crippen molar-refractivity contribution in [2.24, 2.45) is 5.92 Å². The maximum absolute atomic E-state index is 13.1. The van der Waals surface area contributed by atoms with Crippen molar-refractivity contribution < 1.29 is 80.2 Å². The Balaban J connectivity index is 5.16. The zero-order valence-electron chi connectivity index (χ0n) is 63.2. The van der Waals surface area contributed by atoms with Gasteiger partial charge >= 0.3 is 39.5 Å². The van der Waals surface area contributed by atoms with E-state index in [2.05, 4.69) is 34.6 Å². The summed E-state index contributed by atoms with van der Waals surface area (Å²) in [7, 11) is -9.91. The summed E-state index contributed by atoms with van der Waals surface area (Å²) >= 11 is 0. The monoisotopic (exact) mass is 1420 g/mol. The average molecular weight is 1420 g/mol. The lowest BCUT2D eigenvalue weighted by atomic mass is 10.0. The lowest BCUT2D eigenvalue weighted by Gasteiger charge is -2.21. The summed E-state index contributed by atoms with van der Waals surface area (Å²) in [6, 6.07) is 0. The van der Waals surface area contributed by atoms with Crippen molar-refractivity contribution in [3.8, 4) is 0 Å². The van der Waals surface area contributed by atoms with Crippen LogP contribution in [0.25, 0.3) is 0 Å². The molecule has 0 aliphatic carbocycles. The molecule has 17 nitrogen and oxygen atoms in total. The largest absolute Gasteiger partial charge is 0.472 e. The third-order valence-corrected chi connectivity index (χ3v) is 20.2. The van der Waals surface area contributed by atoms with E-state index in [0.29, 0.717) is 25.7 Å². The number of phosphoric acid groups is 2. The Bertz CT molecular complexity index is 1860. The van der Waals surface area contributed by atoms with Gasteiger partial charge in [0, 0.05) is 25.7 Å². The first-order chi connectivity index (χ1) is 47.0. The first-order valence-corrected chi connectivity index (χ1v) is 43.6. The predicted molar refractivity (Wildman–Crippen MR) is 395 cm³/mol. The molecule has 97 heavy (non-hydrogen) atoms. The number of ether oxygens (including phenoxy) is 4. The zero-order chi connectivity index (χ0) is 71.2. The number of hydrogen-bond acceptors (Lipinski definition) is 15. The van der Waals surface area contributed by atoms with E-state index in [0.717, 1.165) is 102 Å². The Morgan fingerprint density at radius 2 is 0.474 bits per heavy atom. The van der Waals surface area contributed by atoms with Gasteiger partial charge in [0.05, 0.1) is 26.4 Å². The molecule has 0 fully saturated rings. The minimum absolute atomic E-state index is 0.107. The number of hydrogen-bond donors (Lipinski definition) is 3. The number of carbonyl (C=O) groups is 4. The van der Waals surface area contributed by atoms with Gasteiger partial charge in [-0.3, -0.25) is 37.3 Å². The SMILES string of the molecule is CCCCCCCCCCCCCCCCCCCCCCC(=O)O[C@H](COC(=O)CCCCCCCCCCCCCCCCCCC(C)C)COP(=O)(O)OC[C@@H](O)COP(=O)(O)OC[C@@H](COC(=O)CCCCCCCCCC)OC(=O)CCCCCCCCCCCC. The summed E-state index contributed by atoms with van der Waals surface area (Å²) < 4.78 is 68.5. The number of rotatable bonds is 78. The van der Waals surface area contributed by atoms with E-state index < -0.39 is 97.5 Å². The molecule has 0 heterocycles. The zero-order valence-corrected chi connectivity index (χ0v) is 65.0. The van der Waals surface area contributed by atoms with Gasteiger partial charge in [-0.05, 0) is 31.6 Å². The quantitative estimate of drug-likeness (QED) is 0.0222. The molecule has 19 heteroatoms. The lowest BCUT2D eigenvalue weighted by molar-refractivity contribution is -0.161. The fourth-order valence-electron chi connectivity index (χ4n) is 12.1.